The molecule has 1 aliphatic heterocycles. The predicted octanol–water partition coefficient (Wildman–Crippen LogP) is 3.29. The number of likely N-dealkylation sites (tertiary alicyclic amines) is 1. The molecule has 22 heavy (non-hydrogen) atoms. The lowest BCUT2D eigenvalue weighted by Crippen LogP contribution is -2.48. The maximum absolute atomic E-state index is 12.6. The number of rotatable bonds is 4. The van der Waals surface area contributed by atoms with E-state index in [0.29, 0.717) is 12.5 Å². The van der Waals surface area contributed by atoms with Crippen molar-refractivity contribution in [2.75, 3.05) is 20.1 Å². The smallest absolute Gasteiger partial charge is 0.223 e. The Kier molecular flexibility index (Phi) is 6.89. The number of amides is 1. The average molecular weight is 325 g/mol. The first kappa shape index (κ1) is 19.0. The van der Waals surface area contributed by atoms with Gasteiger partial charge in [0.05, 0.1) is 0 Å². The van der Waals surface area contributed by atoms with Crippen LogP contribution in [0.2, 0.25) is 0 Å². The Balaban J connectivity index is 0.00000242. The summed E-state index contributed by atoms with van der Waals surface area (Å²) in [6.45, 7) is 8.16. The summed E-state index contributed by atoms with van der Waals surface area (Å²) in [4.78, 5) is 14.6. The van der Waals surface area contributed by atoms with Gasteiger partial charge in [0, 0.05) is 25.6 Å². The second kappa shape index (κ2) is 7.98. The number of halogens is 1. The van der Waals surface area contributed by atoms with Crippen molar-refractivity contribution in [3.8, 4) is 0 Å². The lowest BCUT2D eigenvalue weighted by molar-refractivity contribution is -0.133. The fraction of sp³-hybridized carbons (Fsp3) is 0.611. The number of aryl methyl sites for hydroxylation is 1. The second-order valence-electron chi connectivity index (χ2n) is 6.89. The summed E-state index contributed by atoms with van der Waals surface area (Å²) < 4.78 is 0. The molecule has 1 amide bonds. The van der Waals surface area contributed by atoms with Crippen molar-refractivity contribution in [3.05, 3.63) is 35.4 Å². The van der Waals surface area contributed by atoms with Gasteiger partial charge in [-0.25, -0.2) is 0 Å². The molecule has 4 heteroatoms. The lowest BCUT2D eigenvalue weighted by Gasteiger charge is -2.35. The van der Waals surface area contributed by atoms with Gasteiger partial charge < -0.3 is 10.2 Å². The van der Waals surface area contributed by atoms with E-state index in [1.807, 2.05) is 11.9 Å². The molecule has 124 valence electrons. The number of carbonyl (C=O) groups is 1. The topological polar surface area (TPSA) is 32.3 Å². The molecule has 1 heterocycles. The quantitative estimate of drug-likeness (QED) is 0.921. The monoisotopic (exact) mass is 324 g/mol. The SMILES string of the molecule is CNC1CCCN(C(=O)CC(C)(C)c2ccc(C)cc2)C1.Cl. The van der Waals surface area contributed by atoms with Gasteiger partial charge in [0.2, 0.25) is 5.91 Å². The number of hydrogen-bond acceptors (Lipinski definition) is 2. The fourth-order valence-corrected chi connectivity index (χ4v) is 3.04. The summed E-state index contributed by atoms with van der Waals surface area (Å²) in [5.74, 6) is 0.278. The molecule has 0 aromatic heterocycles. The number of piperidine rings is 1. The third kappa shape index (κ3) is 4.72. The first-order chi connectivity index (χ1) is 9.92. The van der Waals surface area contributed by atoms with Gasteiger partial charge in [0.15, 0.2) is 0 Å². The third-order valence-corrected chi connectivity index (χ3v) is 4.61. The molecule has 1 atom stereocenters. The molecule has 0 bridgehead atoms. The molecule has 3 nitrogen and oxygen atoms in total. The summed E-state index contributed by atoms with van der Waals surface area (Å²) in [6, 6.07) is 8.99. The molecule has 0 radical (unpaired) electrons. The van der Waals surface area contributed by atoms with Crippen LogP contribution in [0.5, 0.6) is 0 Å². The van der Waals surface area contributed by atoms with Crippen LogP contribution in [0.3, 0.4) is 0 Å². The van der Waals surface area contributed by atoms with E-state index < -0.39 is 0 Å². The van der Waals surface area contributed by atoms with Crippen LogP contribution in [0.25, 0.3) is 0 Å². The summed E-state index contributed by atoms with van der Waals surface area (Å²) in [7, 11) is 1.98. The van der Waals surface area contributed by atoms with Gasteiger partial charge in [0.1, 0.15) is 0 Å². The van der Waals surface area contributed by atoms with Crippen LogP contribution in [-0.4, -0.2) is 37.0 Å². The Bertz CT molecular complexity index is 484. The zero-order chi connectivity index (χ0) is 15.5. The normalized spacial score (nSPS) is 18.7. The van der Waals surface area contributed by atoms with Gasteiger partial charge in [0.25, 0.3) is 0 Å². The number of benzene rings is 1. The Labute approximate surface area is 140 Å². The van der Waals surface area contributed by atoms with Crippen molar-refractivity contribution >= 4 is 18.3 Å². The van der Waals surface area contributed by atoms with Crippen molar-refractivity contribution in [2.24, 2.45) is 0 Å². The Hall–Kier alpha value is -1.06. The third-order valence-electron chi connectivity index (χ3n) is 4.61. The van der Waals surface area contributed by atoms with Gasteiger partial charge in [-0.1, -0.05) is 43.7 Å². The van der Waals surface area contributed by atoms with Crippen LogP contribution in [0, 0.1) is 6.92 Å². The van der Waals surface area contributed by atoms with Crippen LogP contribution in [-0.2, 0) is 10.2 Å². The fourth-order valence-electron chi connectivity index (χ4n) is 3.04. The maximum atomic E-state index is 12.6. The molecule has 1 aromatic carbocycles. The number of nitrogens with zero attached hydrogens (tertiary/aromatic N) is 1. The molecule has 1 saturated heterocycles. The molecule has 1 fully saturated rings. The number of likely N-dealkylation sites (N-methyl/N-ethyl adjacent to an activating group) is 1. The molecular weight excluding hydrogens is 296 g/mol. The standard InChI is InChI=1S/C18H28N2O.ClH/c1-14-7-9-15(10-8-14)18(2,3)12-17(21)20-11-5-6-16(13-20)19-4;/h7-10,16,19H,5-6,11-13H2,1-4H3;1H. The Morgan fingerprint density at radius 1 is 1.32 bits per heavy atom. The molecule has 1 N–H and O–H groups in total. The van der Waals surface area contributed by atoms with E-state index in [0.717, 1.165) is 19.5 Å². The molecule has 1 aliphatic rings. The Morgan fingerprint density at radius 3 is 2.55 bits per heavy atom. The lowest BCUT2D eigenvalue weighted by atomic mass is 9.80. The van der Waals surface area contributed by atoms with Crippen LogP contribution >= 0.6 is 12.4 Å². The highest BCUT2D eigenvalue weighted by Crippen LogP contribution is 2.28. The number of nitrogens with one attached hydrogen (secondary N) is 1. The predicted molar refractivity (Wildman–Crippen MR) is 94.7 cm³/mol. The van der Waals surface area contributed by atoms with E-state index >= 15 is 0 Å². The zero-order valence-electron chi connectivity index (χ0n) is 14.2. The summed E-state index contributed by atoms with van der Waals surface area (Å²) in [5.41, 5.74) is 2.38. The van der Waals surface area contributed by atoms with Gasteiger partial charge in [-0.05, 0) is 37.8 Å². The van der Waals surface area contributed by atoms with Crippen LogP contribution in [0.1, 0.15) is 44.2 Å². The number of hydrogen-bond donors (Lipinski definition) is 1. The van der Waals surface area contributed by atoms with Gasteiger partial charge in [-0.15, -0.1) is 12.4 Å². The highest BCUT2D eigenvalue weighted by Gasteiger charge is 2.29. The molecule has 1 unspecified atom stereocenters. The first-order valence-electron chi connectivity index (χ1n) is 7.94. The van der Waals surface area contributed by atoms with Gasteiger partial charge >= 0.3 is 0 Å². The van der Waals surface area contributed by atoms with Crippen LogP contribution in [0.4, 0.5) is 0 Å². The van der Waals surface area contributed by atoms with Crippen LogP contribution in [0.15, 0.2) is 24.3 Å². The minimum Gasteiger partial charge on any atom is -0.341 e. The average Bonchev–Trinajstić information content (AvgIpc) is 2.47. The molecule has 0 saturated carbocycles. The minimum atomic E-state index is -0.114. The van der Waals surface area contributed by atoms with E-state index in [2.05, 4.69) is 50.4 Å². The van der Waals surface area contributed by atoms with E-state index in [1.165, 1.54) is 17.5 Å². The van der Waals surface area contributed by atoms with Gasteiger partial charge in [-0.2, -0.15) is 0 Å². The molecule has 0 aliphatic carbocycles. The van der Waals surface area contributed by atoms with Crippen molar-refractivity contribution in [1.82, 2.24) is 10.2 Å². The van der Waals surface area contributed by atoms with Crippen LogP contribution < -0.4 is 5.32 Å². The highest BCUT2D eigenvalue weighted by atomic mass is 35.5. The van der Waals surface area contributed by atoms with Crippen molar-refractivity contribution in [1.29, 1.82) is 0 Å². The van der Waals surface area contributed by atoms with Crippen molar-refractivity contribution < 1.29 is 4.79 Å². The van der Waals surface area contributed by atoms with E-state index in [4.69, 9.17) is 0 Å². The van der Waals surface area contributed by atoms with E-state index in [-0.39, 0.29) is 23.7 Å². The highest BCUT2D eigenvalue weighted by molar-refractivity contribution is 5.85. The van der Waals surface area contributed by atoms with Crippen molar-refractivity contribution in [3.63, 3.8) is 0 Å². The molecular formula is C18H29ClN2O. The minimum absolute atomic E-state index is 0. The summed E-state index contributed by atoms with van der Waals surface area (Å²) >= 11 is 0. The summed E-state index contributed by atoms with van der Waals surface area (Å²) in [5, 5.41) is 3.30. The first-order valence-corrected chi connectivity index (χ1v) is 7.94. The maximum Gasteiger partial charge on any atom is 0.223 e. The largest absolute Gasteiger partial charge is 0.341 e. The second-order valence-corrected chi connectivity index (χ2v) is 6.89. The number of carbonyl (C=O) groups excluding carboxylic acids is 1. The zero-order valence-corrected chi connectivity index (χ0v) is 15.0. The van der Waals surface area contributed by atoms with E-state index in [9.17, 15) is 4.79 Å². The molecule has 0 spiro atoms. The molecule has 2 rings (SSSR count). The van der Waals surface area contributed by atoms with Crippen molar-refractivity contribution in [2.45, 2.75) is 51.5 Å². The molecule has 1 aromatic rings. The van der Waals surface area contributed by atoms with E-state index in [1.54, 1.807) is 0 Å². The summed E-state index contributed by atoms with van der Waals surface area (Å²) in [6.07, 6.45) is 2.84. The Morgan fingerprint density at radius 2 is 1.95 bits per heavy atom. The van der Waals surface area contributed by atoms with Gasteiger partial charge in [-0.3, -0.25) is 4.79 Å².